The molecular weight excluding hydrogens is 446 g/mol. The summed E-state index contributed by atoms with van der Waals surface area (Å²) in [5, 5.41) is 7.79. The number of methoxy groups -OCH3 is 2. The highest BCUT2D eigenvalue weighted by Gasteiger charge is 2.34. The summed E-state index contributed by atoms with van der Waals surface area (Å²) in [6, 6.07) is 11.7. The number of pyridine rings is 1. The van der Waals surface area contributed by atoms with Gasteiger partial charge in [0.2, 0.25) is 0 Å². The van der Waals surface area contributed by atoms with Gasteiger partial charge in [-0.2, -0.15) is 5.10 Å². The van der Waals surface area contributed by atoms with Gasteiger partial charge in [0.05, 0.1) is 30.9 Å². The number of carbonyl (C=O) groups is 2. The molecule has 10 heteroatoms. The number of thiophene rings is 1. The molecule has 1 N–H and O–H groups in total. The first-order chi connectivity index (χ1) is 16.0. The van der Waals surface area contributed by atoms with Crippen molar-refractivity contribution in [2.45, 2.75) is 12.5 Å². The van der Waals surface area contributed by atoms with Gasteiger partial charge in [0.15, 0.2) is 18.1 Å². The first-order valence-corrected chi connectivity index (χ1v) is 10.9. The normalized spacial score (nSPS) is 15.2. The van der Waals surface area contributed by atoms with Gasteiger partial charge in [0, 0.05) is 12.6 Å². The van der Waals surface area contributed by atoms with Crippen LogP contribution >= 0.6 is 11.3 Å². The molecule has 2 aromatic heterocycles. The van der Waals surface area contributed by atoms with Crippen molar-refractivity contribution in [3.8, 4) is 11.5 Å². The summed E-state index contributed by atoms with van der Waals surface area (Å²) in [7, 11) is 3.09. The van der Waals surface area contributed by atoms with Crippen molar-refractivity contribution >= 4 is 28.9 Å². The monoisotopic (exact) mass is 467 g/mol. The fourth-order valence-electron chi connectivity index (χ4n) is 3.51. The van der Waals surface area contributed by atoms with Gasteiger partial charge < -0.3 is 19.2 Å². The number of hydrazone groups is 1. The molecule has 1 unspecified atom stereocenters. The molecule has 9 nitrogen and oxygen atoms in total. The molecule has 0 saturated heterocycles. The second-order valence-corrected chi connectivity index (χ2v) is 8.03. The number of benzene rings is 1. The average molecular weight is 468 g/mol. The van der Waals surface area contributed by atoms with Gasteiger partial charge in [0.1, 0.15) is 5.56 Å². The third-order valence-electron chi connectivity index (χ3n) is 5.13. The van der Waals surface area contributed by atoms with Gasteiger partial charge >= 0.3 is 5.97 Å². The van der Waals surface area contributed by atoms with E-state index in [-0.39, 0.29) is 5.56 Å². The minimum absolute atomic E-state index is 0.175. The standard InChI is InChI=1S/C23H21N3O6S/c1-30-18-8-7-14(11-19(18)31-2)17-12-16(20-6-4-10-33-20)25-26(17)21(27)13-32-23(29)15-5-3-9-24-22(15)28/h3-11,17H,12-13H2,1-2H3,(H,24,28). The Balaban J connectivity index is 1.58. The zero-order chi connectivity index (χ0) is 23.4. The molecule has 1 atom stereocenters. The number of aromatic nitrogens is 1. The number of nitrogens with one attached hydrogen (secondary N) is 1. The van der Waals surface area contributed by atoms with Crippen molar-refractivity contribution in [3.63, 3.8) is 0 Å². The van der Waals surface area contributed by atoms with Gasteiger partial charge in [-0.05, 0) is 41.3 Å². The number of hydrogen-bond donors (Lipinski definition) is 1. The van der Waals surface area contributed by atoms with Crippen LogP contribution in [0.25, 0.3) is 0 Å². The molecule has 170 valence electrons. The molecule has 1 aliphatic heterocycles. The maximum Gasteiger partial charge on any atom is 0.344 e. The molecule has 1 aliphatic rings. The van der Waals surface area contributed by atoms with E-state index in [1.807, 2.05) is 23.6 Å². The molecule has 0 fully saturated rings. The minimum atomic E-state index is -0.880. The number of carbonyl (C=O) groups excluding carboxylic acids is 2. The van der Waals surface area contributed by atoms with Crippen LogP contribution in [0.5, 0.6) is 11.5 Å². The first-order valence-electron chi connectivity index (χ1n) is 10.0. The largest absolute Gasteiger partial charge is 0.493 e. The molecule has 3 aromatic rings. The number of esters is 1. The molecule has 0 radical (unpaired) electrons. The minimum Gasteiger partial charge on any atom is -0.493 e. The molecule has 0 spiro atoms. The summed E-state index contributed by atoms with van der Waals surface area (Å²) >= 11 is 1.53. The maximum absolute atomic E-state index is 13.0. The summed E-state index contributed by atoms with van der Waals surface area (Å²) < 4.78 is 15.8. The van der Waals surface area contributed by atoms with E-state index in [0.29, 0.717) is 17.9 Å². The summed E-state index contributed by atoms with van der Waals surface area (Å²) in [6.45, 7) is -0.557. The summed E-state index contributed by atoms with van der Waals surface area (Å²) in [5.74, 6) is -0.295. The van der Waals surface area contributed by atoms with Crippen molar-refractivity contribution in [1.29, 1.82) is 0 Å². The highest BCUT2D eigenvalue weighted by atomic mass is 32.1. The third kappa shape index (κ3) is 4.65. The van der Waals surface area contributed by atoms with E-state index >= 15 is 0 Å². The second-order valence-electron chi connectivity index (χ2n) is 7.09. The van der Waals surface area contributed by atoms with Crippen molar-refractivity contribution in [2.24, 2.45) is 5.10 Å². The van der Waals surface area contributed by atoms with E-state index in [1.54, 1.807) is 19.2 Å². The second kappa shape index (κ2) is 9.70. The van der Waals surface area contributed by atoms with Crippen LogP contribution in [-0.4, -0.2) is 48.4 Å². The highest BCUT2D eigenvalue weighted by Crippen LogP contribution is 2.37. The zero-order valence-corrected chi connectivity index (χ0v) is 18.8. The Morgan fingerprint density at radius 3 is 2.67 bits per heavy atom. The maximum atomic E-state index is 13.0. The lowest BCUT2D eigenvalue weighted by Gasteiger charge is -2.22. The molecule has 1 amide bonds. The van der Waals surface area contributed by atoms with E-state index < -0.39 is 30.1 Å². The van der Waals surface area contributed by atoms with Crippen LogP contribution in [0, 0.1) is 0 Å². The van der Waals surface area contributed by atoms with E-state index in [4.69, 9.17) is 14.2 Å². The van der Waals surface area contributed by atoms with Crippen LogP contribution in [0.3, 0.4) is 0 Å². The van der Waals surface area contributed by atoms with Crippen LogP contribution in [0.2, 0.25) is 0 Å². The van der Waals surface area contributed by atoms with Gasteiger partial charge in [-0.3, -0.25) is 9.59 Å². The number of nitrogens with zero attached hydrogens (tertiary/aromatic N) is 2. The Bertz CT molecular complexity index is 1250. The third-order valence-corrected chi connectivity index (χ3v) is 6.05. The summed E-state index contributed by atoms with van der Waals surface area (Å²) in [4.78, 5) is 40.4. The van der Waals surface area contributed by atoms with Crippen LogP contribution in [-0.2, 0) is 9.53 Å². The SMILES string of the molecule is COc1ccc(C2CC(c3cccs3)=NN2C(=O)COC(=O)c2ccc[nH]c2=O)cc1OC. The highest BCUT2D eigenvalue weighted by molar-refractivity contribution is 7.12. The smallest absolute Gasteiger partial charge is 0.344 e. The van der Waals surface area contributed by atoms with E-state index in [1.165, 1.54) is 41.8 Å². The Hall–Kier alpha value is -3.92. The van der Waals surface area contributed by atoms with Crippen molar-refractivity contribution in [1.82, 2.24) is 9.99 Å². The average Bonchev–Trinajstić information content (AvgIpc) is 3.52. The predicted octanol–water partition coefficient (Wildman–Crippen LogP) is 2.99. The van der Waals surface area contributed by atoms with Crippen LogP contribution in [0.1, 0.15) is 33.3 Å². The Labute approximate surface area is 193 Å². The fraction of sp³-hybridized carbons (Fsp3) is 0.217. The molecule has 0 bridgehead atoms. The number of aromatic amines is 1. The lowest BCUT2D eigenvalue weighted by Crippen LogP contribution is -2.32. The molecule has 0 saturated carbocycles. The van der Waals surface area contributed by atoms with Crippen LogP contribution in [0.15, 0.2) is 63.9 Å². The molecular formula is C23H21N3O6S. The van der Waals surface area contributed by atoms with Crippen LogP contribution in [0.4, 0.5) is 0 Å². The molecule has 0 aliphatic carbocycles. The zero-order valence-electron chi connectivity index (χ0n) is 17.9. The van der Waals surface area contributed by atoms with Gasteiger partial charge in [-0.1, -0.05) is 12.1 Å². The Morgan fingerprint density at radius 1 is 1.15 bits per heavy atom. The molecule has 3 heterocycles. The lowest BCUT2D eigenvalue weighted by atomic mass is 10.0. The number of rotatable bonds is 7. The summed E-state index contributed by atoms with van der Waals surface area (Å²) in [6.07, 6.45) is 1.89. The molecule has 33 heavy (non-hydrogen) atoms. The lowest BCUT2D eigenvalue weighted by molar-refractivity contribution is -0.136. The molecule has 1 aromatic carbocycles. The van der Waals surface area contributed by atoms with E-state index in [9.17, 15) is 14.4 Å². The van der Waals surface area contributed by atoms with Crippen molar-refractivity contribution in [2.75, 3.05) is 20.8 Å². The molecule has 4 rings (SSSR count). The van der Waals surface area contributed by atoms with Gasteiger partial charge in [0.25, 0.3) is 11.5 Å². The fourth-order valence-corrected chi connectivity index (χ4v) is 4.23. The Kier molecular flexibility index (Phi) is 6.55. The Morgan fingerprint density at radius 2 is 1.97 bits per heavy atom. The topological polar surface area (TPSA) is 110 Å². The van der Waals surface area contributed by atoms with E-state index in [2.05, 4.69) is 10.1 Å². The van der Waals surface area contributed by atoms with Gasteiger partial charge in [-0.15, -0.1) is 11.3 Å². The number of hydrogen-bond acceptors (Lipinski definition) is 8. The van der Waals surface area contributed by atoms with E-state index in [0.717, 1.165) is 16.2 Å². The first kappa shape index (κ1) is 22.3. The van der Waals surface area contributed by atoms with Crippen LogP contribution < -0.4 is 15.0 Å². The van der Waals surface area contributed by atoms with Gasteiger partial charge in [-0.25, -0.2) is 9.80 Å². The quantitative estimate of drug-likeness (QED) is 0.535. The number of ether oxygens (including phenoxy) is 3. The number of amides is 1. The van der Waals surface area contributed by atoms with Crippen molar-refractivity contribution in [3.05, 3.63) is 80.4 Å². The van der Waals surface area contributed by atoms with Crippen molar-refractivity contribution < 1.29 is 23.8 Å². The predicted molar refractivity (Wildman–Crippen MR) is 122 cm³/mol. The summed E-state index contributed by atoms with van der Waals surface area (Å²) in [5.41, 5.74) is 0.786. The number of H-pyrrole nitrogens is 1.